The molecule has 4 rings (SSSR count). The second-order valence-electron chi connectivity index (χ2n) is 8.18. The Morgan fingerprint density at radius 2 is 1.71 bits per heavy atom. The molecule has 3 aromatic rings. The van der Waals surface area contributed by atoms with E-state index in [1.165, 1.54) is 36.4 Å². The third-order valence-electron chi connectivity index (χ3n) is 5.79. The summed E-state index contributed by atoms with van der Waals surface area (Å²) in [5.41, 5.74) is 0.613. The fourth-order valence-corrected chi connectivity index (χ4v) is 4.28. The Morgan fingerprint density at radius 3 is 2.34 bits per heavy atom. The van der Waals surface area contributed by atoms with Crippen molar-refractivity contribution >= 4 is 33.4 Å². The van der Waals surface area contributed by atoms with Gasteiger partial charge >= 0.3 is 6.18 Å². The molecule has 1 heterocycles. The molecule has 0 aliphatic carbocycles. The van der Waals surface area contributed by atoms with Crippen LogP contribution < -0.4 is 0 Å². The fraction of sp³-hybridized carbons (Fsp3) is 0.154. The molecule has 2 N–H and O–H groups in total. The van der Waals surface area contributed by atoms with Crippen molar-refractivity contribution in [3.63, 3.8) is 0 Å². The van der Waals surface area contributed by atoms with E-state index in [-0.39, 0.29) is 23.4 Å². The van der Waals surface area contributed by atoms with Gasteiger partial charge in [0.15, 0.2) is 0 Å². The normalized spacial score (nSPS) is 17.7. The molecule has 0 radical (unpaired) electrons. The topological polar surface area (TPSA) is 77.8 Å². The highest BCUT2D eigenvalue weighted by molar-refractivity contribution is 9.10. The summed E-state index contributed by atoms with van der Waals surface area (Å²) in [6, 6.07) is 14.1. The number of benzene rings is 3. The fourth-order valence-electron chi connectivity index (χ4n) is 4.04. The van der Waals surface area contributed by atoms with Crippen LogP contribution in [0.2, 0.25) is 0 Å². The second-order valence-corrected chi connectivity index (χ2v) is 9.03. The third-order valence-corrected chi connectivity index (χ3v) is 6.68. The number of Topliss-reactive ketones (excluding diaryl/α,β-unsaturated/α-hetero) is 1. The predicted molar refractivity (Wildman–Crippen MR) is 126 cm³/mol. The second kappa shape index (κ2) is 9.22. The van der Waals surface area contributed by atoms with Crippen LogP contribution in [-0.4, -0.2) is 26.8 Å². The van der Waals surface area contributed by atoms with E-state index in [1.54, 1.807) is 25.1 Å². The lowest BCUT2D eigenvalue weighted by Crippen LogP contribution is -2.29. The van der Waals surface area contributed by atoms with Gasteiger partial charge < -0.3 is 15.1 Å². The number of carbonyl (C=O) groups is 2. The van der Waals surface area contributed by atoms with E-state index in [0.717, 1.165) is 27.1 Å². The highest BCUT2D eigenvalue weighted by Gasteiger charge is 2.46. The first-order valence-electron chi connectivity index (χ1n) is 10.5. The lowest BCUT2D eigenvalue weighted by Gasteiger charge is -2.26. The first kappa shape index (κ1) is 24.5. The molecule has 1 unspecified atom stereocenters. The zero-order chi connectivity index (χ0) is 25.5. The molecule has 35 heavy (non-hydrogen) atoms. The highest BCUT2D eigenvalue weighted by Crippen LogP contribution is 2.41. The standard InChI is InChI=1S/C26H19BrF3NO4/c1-14-11-17(7-10-20(14)27)23(33)21-22(16-5-8-19(32)9-6-16)31(25(35)24(21)34)13-15-3-2-4-18(12-15)26(28,29)30/h2-12,22,32-33H,13H2,1H3/b23-21+. The Hall–Kier alpha value is -3.59. The quantitative estimate of drug-likeness (QED) is 0.236. The number of aromatic hydroxyl groups is 1. The number of aryl methyl sites for hydroxylation is 1. The number of rotatable bonds is 4. The molecule has 1 fully saturated rings. The molecule has 0 spiro atoms. The molecule has 1 saturated heterocycles. The molecule has 9 heteroatoms. The molecule has 1 aliphatic heterocycles. The number of carbonyl (C=O) groups excluding carboxylic acids is 2. The monoisotopic (exact) mass is 545 g/mol. The Kier molecular flexibility index (Phi) is 6.46. The number of phenolic OH excluding ortho intramolecular Hbond substituents is 1. The van der Waals surface area contributed by atoms with Crippen LogP contribution >= 0.6 is 15.9 Å². The van der Waals surface area contributed by atoms with Crippen molar-refractivity contribution in [1.82, 2.24) is 4.90 Å². The number of aliphatic hydroxyl groups excluding tert-OH is 1. The Morgan fingerprint density at radius 1 is 1.03 bits per heavy atom. The molecule has 3 aromatic carbocycles. The molecule has 1 aliphatic rings. The van der Waals surface area contributed by atoms with Crippen LogP contribution in [0.4, 0.5) is 13.2 Å². The maximum Gasteiger partial charge on any atom is 0.416 e. The predicted octanol–water partition coefficient (Wildman–Crippen LogP) is 6.10. The summed E-state index contributed by atoms with van der Waals surface area (Å²) < 4.78 is 40.4. The van der Waals surface area contributed by atoms with Gasteiger partial charge in [-0.15, -0.1) is 0 Å². The van der Waals surface area contributed by atoms with Crippen molar-refractivity contribution in [2.75, 3.05) is 0 Å². The van der Waals surface area contributed by atoms with Gasteiger partial charge in [-0.05, 0) is 60.0 Å². The van der Waals surface area contributed by atoms with Crippen LogP contribution in [0.5, 0.6) is 5.75 Å². The average Bonchev–Trinajstić information content (AvgIpc) is 3.05. The molecule has 0 saturated carbocycles. The molecular weight excluding hydrogens is 527 g/mol. The van der Waals surface area contributed by atoms with Gasteiger partial charge in [0.25, 0.3) is 11.7 Å². The van der Waals surface area contributed by atoms with Crippen molar-refractivity contribution in [3.05, 3.63) is 105 Å². The number of aliphatic hydroxyl groups is 1. The summed E-state index contributed by atoms with van der Waals surface area (Å²) >= 11 is 3.37. The molecule has 0 bridgehead atoms. The minimum absolute atomic E-state index is 0.0490. The smallest absolute Gasteiger partial charge is 0.416 e. The van der Waals surface area contributed by atoms with E-state index < -0.39 is 35.2 Å². The molecule has 1 amide bonds. The number of alkyl halides is 3. The number of amides is 1. The summed E-state index contributed by atoms with van der Waals surface area (Å²) in [6.45, 7) is 1.50. The lowest BCUT2D eigenvalue weighted by molar-refractivity contribution is -0.140. The van der Waals surface area contributed by atoms with E-state index in [0.29, 0.717) is 11.1 Å². The first-order chi connectivity index (χ1) is 16.5. The number of phenols is 1. The molecule has 5 nitrogen and oxygen atoms in total. The van der Waals surface area contributed by atoms with Crippen molar-refractivity contribution in [3.8, 4) is 5.75 Å². The first-order valence-corrected chi connectivity index (χ1v) is 11.3. The largest absolute Gasteiger partial charge is 0.508 e. The average molecular weight is 546 g/mol. The highest BCUT2D eigenvalue weighted by atomic mass is 79.9. The third kappa shape index (κ3) is 4.81. The zero-order valence-corrected chi connectivity index (χ0v) is 19.9. The minimum atomic E-state index is -4.57. The summed E-state index contributed by atoms with van der Waals surface area (Å²) in [6.07, 6.45) is -4.57. The van der Waals surface area contributed by atoms with E-state index in [1.807, 2.05) is 0 Å². The molecule has 1 atom stereocenters. The minimum Gasteiger partial charge on any atom is -0.508 e. The summed E-state index contributed by atoms with van der Waals surface area (Å²) in [5, 5.41) is 20.8. The Bertz CT molecular complexity index is 1350. The summed E-state index contributed by atoms with van der Waals surface area (Å²) in [7, 11) is 0. The number of ketones is 1. The van der Waals surface area contributed by atoms with Crippen LogP contribution in [0.25, 0.3) is 5.76 Å². The van der Waals surface area contributed by atoms with Crippen LogP contribution in [0, 0.1) is 6.92 Å². The van der Waals surface area contributed by atoms with E-state index >= 15 is 0 Å². The van der Waals surface area contributed by atoms with Crippen LogP contribution in [0.1, 0.15) is 33.9 Å². The maximum atomic E-state index is 13.2. The van der Waals surface area contributed by atoms with Gasteiger partial charge in [0.05, 0.1) is 17.2 Å². The molecular formula is C26H19BrF3NO4. The van der Waals surface area contributed by atoms with Crippen LogP contribution in [0.15, 0.2) is 76.8 Å². The number of nitrogens with zero attached hydrogens (tertiary/aromatic N) is 1. The van der Waals surface area contributed by atoms with Gasteiger partial charge in [-0.3, -0.25) is 9.59 Å². The van der Waals surface area contributed by atoms with Gasteiger partial charge in [0.1, 0.15) is 11.5 Å². The van der Waals surface area contributed by atoms with Gasteiger partial charge in [-0.1, -0.05) is 46.3 Å². The van der Waals surface area contributed by atoms with Crippen LogP contribution in [0.3, 0.4) is 0 Å². The molecule has 180 valence electrons. The van der Waals surface area contributed by atoms with E-state index in [4.69, 9.17) is 0 Å². The number of likely N-dealkylation sites (tertiary alicyclic amines) is 1. The molecule has 0 aromatic heterocycles. The Labute approximate surface area is 207 Å². The summed E-state index contributed by atoms with van der Waals surface area (Å²) in [5.74, 6) is -2.35. The van der Waals surface area contributed by atoms with Gasteiger partial charge in [0, 0.05) is 16.6 Å². The van der Waals surface area contributed by atoms with E-state index in [2.05, 4.69) is 15.9 Å². The lowest BCUT2D eigenvalue weighted by atomic mass is 9.94. The number of hydrogen-bond donors (Lipinski definition) is 2. The van der Waals surface area contributed by atoms with Crippen molar-refractivity contribution < 1.29 is 33.0 Å². The zero-order valence-electron chi connectivity index (χ0n) is 18.3. The SMILES string of the molecule is Cc1cc(/C(O)=C2\C(=O)C(=O)N(Cc3cccc(C(F)(F)F)c3)C2c2ccc(O)cc2)ccc1Br. The summed E-state index contributed by atoms with van der Waals surface area (Å²) in [4.78, 5) is 27.3. The number of hydrogen-bond acceptors (Lipinski definition) is 4. The van der Waals surface area contributed by atoms with Crippen molar-refractivity contribution in [2.24, 2.45) is 0 Å². The van der Waals surface area contributed by atoms with Gasteiger partial charge in [0.2, 0.25) is 0 Å². The Balaban J connectivity index is 1.85. The maximum absolute atomic E-state index is 13.2. The van der Waals surface area contributed by atoms with Gasteiger partial charge in [-0.2, -0.15) is 13.2 Å². The van der Waals surface area contributed by atoms with Crippen molar-refractivity contribution in [1.29, 1.82) is 0 Å². The van der Waals surface area contributed by atoms with Crippen molar-refractivity contribution in [2.45, 2.75) is 25.7 Å². The van der Waals surface area contributed by atoms with Crippen LogP contribution in [-0.2, 0) is 22.3 Å². The van der Waals surface area contributed by atoms with E-state index in [9.17, 15) is 33.0 Å². The van der Waals surface area contributed by atoms with Gasteiger partial charge in [-0.25, -0.2) is 0 Å². The number of halogens is 4.